The molecule has 4 heterocycles. The molecule has 4 rings (SSSR count). The van der Waals surface area contributed by atoms with E-state index in [1.165, 1.54) is 6.42 Å². The monoisotopic (exact) mass is 412 g/mol. The quantitative estimate of drug-likeness (QED) is 0.768. The maximum absolute atomic E-state index is 12.6. The first-order valence-electron chi connectivity index (χ1n) is 11.3. The first-order valence-corrected chi connectivity index (χ1v) is 11.3. The van der Waals surface area contributed by atoms with Gasteiger partial charge in [0, 0.05) is 45.2 Å². The van der Waals surface area contributed by atoms with E-state index in [1.54, 1.807) is 6.20 Å². The van der Waals surface area contributed by atoms with Crippen LogP contribution in [0.5, 0.6) is 0 Å². The second kappa shape index (κ2) is 9.14. The summed E-state index contributed by atoms with van der Waals surface area (Å²) in [5.41, 5.74) is 0.861. The zero-order valence-corrected chi connectivity index (χ0v) is 17.8. The molecule has 30 heavy (non-hydrogen) atoms. The maximum atomic E-state index is 12.6. The molecule has 1 aromatic heterocycles. The van der Waals surface area contributed by atoms with Crippen molar-refractivity contribution in [1.82, 2.24) is 15.2 Å². The molecule has 3 saturated heterocycles. The van der Waals surface area contributed by atoms with Gasteiger partial charge in [-0.25, -0.2) is 4.98 Å². The fraction of sp³-hybridized carbons (Fsp3) is 0.652. The Morgan fingerprint density at radius 2 is 1.93 bits per heavy atom. The number of rotatable bonds is 4. The molecule has 0 aromatic carbocycles. The molecule has 1 aromatic rings. The maximum Gasteiger partial charge on any atom is 0.234 e. The standard InChI is InChI=1S/C23H32N4O3/c1-16-3-2-10-27(15-16)22(29)13-17-8-11-26(12-9-17)20-6-4-18(14-24-20)19-5-7-21(28)25-23(19)30/h4,6,14,16-17,19H,2-3,5,7-13,15H2,1H3,(H,25,28,30)/t16-,19?/m1/s1. The van der Waals surface area contributed by atoms with Crippen LogP contribution in [-0.2, 0) is 14.4 Å². The van der Waals surface area contributed by atoms with Crippen LogP contribution in [0.2, 0.25) is 0 Å². The average Bonchev–Trinajstić information content (AvgIpc) is 2.74. The molecular formula is C23H32N4O3. The lowest BCUT2D eigenvalue weighted by Gasteiger charge is -2.35. The summed E-state index contributed by atoms with van der Waals surface area (Å²) < 4.78 is 0. The number of piperidine rings is 3. The van der Waals surface area contributed by atoms with E-state index in [0.717, 1.165) is 56.8 Å². The van der Waals surface area contributed by atoms with Crippen molar-refractivity contribution in [2.24, 2.45) is 11.8 Å². The van der Waals surface area contributed by atoms with E-state index in [9.17, 15) is 14.4 Å². The lowest BCUT2D eigenvalue weighted by atomic mass is 9.91. The number of nitrogens with zero attached hydrogens (tertiary/aromatic N) is 3. The van der Waals surface area contributed by atoms with Gasteiger partial charge in [0.15, 0.2) is 0 Å². The fourth-order valence-corrected chi connectivity index (χ4v) is 4.96. The van der Waals surface area contributed by atoms with Gasteiger partial charge in [-0.15, -0.1) is 0 Å². The average molecular weight is 413 g/mol. The highest BCUT2D eigenvalue weighted by atomic mass is 16.2. The summed E-state index contributed by atoms with van der Waals surface area (Å²) in [6, 6.07) is 3.93. The Hall–Kier alpha value is -2.44. The number of imide groups is 1. The van der Waals surface area contributed by atoms with Crippen LogP contribution in [0.4, 0.5) is 5.82 Å². The molecule has 7 nitrogen and oxygen atoms in total. The van der Waals surface area contributed by atoms with Gasteiger partial charge in [-0.3, -0.25) is 19.7 Å². The number of amides is 3. The lowest BCUT2D eigenvalue weighted by Crippen LogP contribution is -2.41. The highest BCUT2D eigenvalue weighted by Gasteiger charge is 2.29. The summed E-state index contributed by atoms with van der Waals surface area (Å²) in [5.74, 6) is 1.60. The number of carbonyl (C=O) groups excluding carboxylic acids is 3. The van der Waals surface area contributed by atoms with Crippen molar-refractivity contribution in [3.63, 3.8) is 0 Å². The molecule has 2 atom stereocenters. The first-order chi connectivity index (χ1) is 14.5. The highest BCUT2D eigenvalue weighted by Crippen LogP contribution is 2.28. The van der Waals surface area contributed by atoms with E-state index in [0.29, 0.717) is 37.0 Å². The fourth-order valence-electron chi connectivity index (χ4n) is 4.96. The molecule has 3 fully saturated rings. The van der Waals surface area contributed by atoms with Gasteiger partial charge in [-0.05, 0) is 55.6 Å². The summed E-state index contributed by atoms with van der Waals surface area (Å²) in [6.45, 7) is 5.88. The molecule has 0 spiro atoms. The van der Waals surface area contributed by atoms with Gasteiger partial charge in [-0.2, -0.15) is 0 Å². The van der Waals surface area contributed by atoms with Crippen molar-refractivity contribution in [1.29, 1.82) is 0 Å². The van der Waals surface area contributed by atoms with Crippen molar-refractivity contribution in [2.75, 3.05) is 31.1 Å². The molecule has 3 amide bonds. The minimum atomic E-state index is -0.293. The zero-order valence-electron chi connectivity index (χ0n) is 17.8. The Kier molecular flexibility index (Phi) is 6.35. The Bertz CT molecular complexity index is 786. The normalized spacial score (nSPS) is 25.9. The van der Waals surface area contributed by atoms with Crippen molar-refractivity contribution in [2.45, 2.75) is 57.8 Å². The minimum absolute atomic E-state index is 0.197. The van der Waals surface area contributed by atoms with Crippen LogP contribution in [0.3, 0.4) is 0 Å². The number of hydrogen-bond donors (Lipinski definition) is 1. The molecule has 3 aliphatic heterocycles. The summed E-state index contributed by atoms with van der Waals surface area (Å²) in [5, 5.41) is 2.41. The van der Waals surface area contributed by atoms with E-state index in [1.807, 2.05) is 12.1 Å². The van der Waals surface area contributed by atoms with Crippen LogP contribution in [0.25, 0.3) is 0 Å². The van der Waals surface area contributed by atoms with Crippen LogP contribution >= 0.6 is 0 Å². The van der Waals surface area contributed by atoms with Crippen LogP contribution < -0.4 is 10.2 Å². The number of aromatic nitrogens is 1. The molecule has 1 unspecified atom stereocenters. The zero-order chi connectivity index (χ0) is 21.1. The Morgan fingerprint density at radius 3 is 2.60 bits per heavy atom. The Labute approximate surface area is 178 Å². The van der Waals surface area contributed by atoms with Gasteiger partial charge >= 0.3 is 0 Å². The third-order valence-corrected chi connectivity index (χ3v) is 6.82. The molecule has 162 valence electrons. The minimum Gasteiger partial charge on any atom is -0.357 e. The van der Waals surface area contributed by atoms with Crippen molar-refractivity contribution in [3.8, 4) is 0 Å². The Morgan fingerprint density at radius 1 is 1.13 bits per heavy atom. The number of likely N-dealkylation sites (tertiary alicyclic amines) is 1. The lowest BCUT2D eigenvalue weighted by molar-refractivity contribution is -0.135. The van der Waals surface area contributed by atoms with E-state index in [4.69, 9.17) is 0 Å². The molecule has 1 N–H and O–H groups in total. The van der Waals surface area contributed by atoms with Crippen LogP contribution in [-0.4, -0.2) is 53.8 Å². The van der Waals surface area contributed by atoms with Crippen molar-refractivity contribution >= 4 is 23.5 Å². The molecular weight excluding hydrogens is 380 g/mol. The number of carbonyl (C=O) groups is 3. The molecule has 3 aliphatic rings. The van der Waals surface area contributed by atoms with Crippen LogP contribution in [0.1, 0.15) is 63.4 Å². The molecule has 7 heteroatoms. The number of nitrogens with one attached hydrogen (secondary N) is 1. The Balaban J connectivity index is 1.27. The van der Waals surface area contributed by atoms with Gasteiger partial charge in [0.2, 0.25) is 17.7 Å². The van der Waals surface area contributed by atoms with Gasteiger partial charge in [0.05, 0.1) is 5.92 Å². The third kappa shape index (κ3) is 4.82. The summed E-state index contributed by atoms with van der Waals surface area (Å²) in [6.07, 6.45) is 7.73. The number of pyridine rings is 1. The molecule has 0 saturated carbocycles. The SMILES string of the molecule is C[C@@H]1CCCN(C(=O)CC2CCN(c3ccc(C4CCC(=O)NC4=O)cn3)CC2)C1. The molecule has 0 bridgehead atoms. The van der Waals surface area contributed by atoms with E-state index < -0.39 is 0 Å². The highest BCUT2D eigenvalue weighted by molar-refractivity contribution is 6.00. The smallest absolute Gasteiger partial charge is 0.234 e. The predicted octanol–water partition coefficient (Wildman–Crippen LogP) is 2.47. The second-order valence-corrected chi connectivity index (χ2v) is 9.18. The third-order valence-electron chi connectivity index (χ3n) is 6.82. The second-order valence-electron chi connectivity index (χ2n) is 9.18. The van der Waals surface area contributed by atoms with Crippen molar-refractivity contribution in [3.05, 3.63) is 23.9 Å². The largest absolute Gasteiger partial charge is 0.357 e. The topological polar surface area (TPSA) is 82.6 Å². The number of anilines is 1. The van der Waals surface area contributed by atoms with E-state index in [2.05, 4.69) is 27.0 Å². The summed E-state index contributed by atoms with van der Waals surface area (Å²) >= 11 is 0. The van der Waals surface area contributed by atoms with Crippen LogP contribution in [0.15, 0.2) is 18.3 Å². The van der Waals surface area contributed by atoms with E-state index >= 15 is 0 Å². The van der Waals surface area contributed by atoms with Gasteiger partial charge in [0.25, 0.3) is 0 Å². The molecule has 0 aliphatic carbocycles. The van der Waals surface area contributed by atoms with Gasteiger partial charge in [0.1, 0.15) is 5.82 Å². The van der Waals surface area contributed by atoms with Crippen molar-refractivity contribution < 1.29 is 14.4 Å². The summed E-state index contributed by atoms with van der Waals surface area (Å²) in [7, 11) is 0. The predicted molar refractivity (Wildman–Crippen MR) is 114 cm³/mol. The van der Waals surface area contributed by atoms with Gasteiger partial charge < -0.3 is 9.80 Å². The number of hydrogen-bond acceptors (Lipinski definition) is 5. The van der Waals surface area contributed by atoms with Crippen LogP contribution in [0, 0.1) is 11.8 Å². The van der Waals surface area contributed by atoms with E-state index in [-0.39, 0.29) is 17.7 Å². The van der Waals surface area contributed by atoms with Gasteiger partial charge in [-0.1, -0.05) is 13.0 Å². The molecule has 0 radical (unpaired) electrons. The summed E-state index contributed by atoms with van der Waals surface area (Å²) in [4.78, 5) is 44.9. The first kappa shape index (κ1) is 20.8.